The van der Waals surface area contributed by atoms with E-state index in [1.807, 2.05) is 18.3 Å². The Kier molecular flexibility index (Phi) is 6.88. The van der Waals surface area contributed by atoms with Crippen LogP contribution in [0.15, 0.2) is 30.6 Å². The Morgan fingerprint density at radius 3 is 2.79 bits per heavy atom. The number of nitrogens with two attached hydrogens (primary N) is 1. The highest BCUT2D eigenvalue weighted by Gasteiger charge is 2.21. The fourth-order valence-electron chi connectivity index (χ4n) is 4.13. The van der Waals surface area contributed by atoms with E-state index in [0.29, 0.717) is 18.1 Å². The van der Waals surface area contributed by atoms with Crippen molar-refractivity contribution in [1.29, 1.82) is 0 Å². The van der Waals surface area contributed by atoms with Gasteiger partial charge < -0.3 is 20.7 Å². The molecule has 0 saturated carbocycles. The zero-order valence-electron chi connectivity index (χ0n) is 19.5. The van der Waals surface area contributed by atoms with Crippen LogP contribution in [0.1, 0.15) is 41.8 Å². The predicted molar refractivity (Wildman–Crippen MR) is 128 cm³/mol. The summed E-state index contributed by atoms with van der Waals surface area (Å²) in [6.45, 7) is 7.80. The molecule has 33 heavy (non-hydrogen) atoms. The second-order valence-electron chi connectivity index (χ2n) is 8.08. The number of nitrogen functional groups attached to an aromatic ring is 1. The minimum atomic E-state index is -0.242. The van der Waals surface area contributed by atoms with Crippen LogP contribution in [0.5, 0.6) is 5.75 Å². The quantitative estimate of drug-likeness (QED) is 0.483. The first-order chi connectivity index (χ1) is 16.0. The molecular formula is C24H31N7O2. The van der Waals surface area contributed by atoms with Gasteiger partial charge in [0.15, 0.2) is 5.82 Å². The summed E-state index contributed by atoms with van der Waals surface area (Å²) in [6.07, 6.45) is 6.07. The normalized spacial score (nSPS) is 12.4. The molecule has 0 bridgehead atoms. The van der Waals surface area contributed by atoms with Crippen LogP contribution < -0.4 is 15.8 Å². The number of hydrogen-bond donors (Lipinski definition) is 2. The zero-order chi connectivity index (χ0) is 23.4. The number of nitrogens with zero attached hydrogens (tertiary/aromatic N) is 5. The highest BCUT2D eigenvalue weighted by atomic mass is 16.5. The fraction of sp³-hybridized carbons (Fsp3) is 0.417. The van der Waals surface area contributed by atoms with Crippen LogP contribution in [0.3, 0.4) is 0 Å². The molecule has 1 aliphatic rings. The highest BCUT2D eigenvalue weighted by Crippen LogP contribution is 2.34. The molecule has 9 nitrogen and oxygen atoms in total. The smallest absolute Gasteiger partial charge is 0.256 e. The van der Waals surface area contributed by atoms with Crippen molar-refractivity contribution in [2.45, 2.75) is 33.1 Å². The SMILES string of the molecule is CCN(CC)CCCNC(=O)c1cn(-c2ncc3c(n2)-c2ccc(OC)cc2CC3)nc1N. The van der Waals surface area contributed by atoms with E-state index in [4.69, 9.17) is 15.5 Å². The number of ether oxygens (including phenoxy) is 1. The molecule has 0 radical (unpaired) electrons. The van der Waals surface area contributed by atoms with E-state index in [1.165, 1.54) is 10.2 Å². The first-order valence-electron chi connectivity index (χ1n) is 11.4. The maximum atomic E-state index is 12.6. The Balaban J connectivity index is 1.51. The Morgan fingerprint density at radius 2 is 2.03 bits per heavy atom. The minimum absolute atomic E-state index is 0.155. The van der Waals surface area contributed by atoms with Crippen molar-refractivity contribution in [3.8, 4) is 23.0 Å². The molecule has 4 rings (SSSR count). The molecule has 0 atom stereocenters. The summed E-state index contributed by atoms with van der Waals surface area (Å²) in [6, 6.07) is 6.01. The Bertz CT molecular complexity index is 1140. The number of anilines is 1. The van der Waals surface area contributed by atoms with Crippen molar-refractivity contribution in [3.05, 3.63) is 47.3 Å². The first kappa shape index (κ1) is 22.7. The second kappa shape index (κ2) is 9.99. The standard InChI is InChI=1S/C24H31N7O2/c1-4-30(5-2)12-6-11-26-23(32)20-15-31(29-22(20)25)24-27-14-17-8-7-16-13-18(33-3)9-10-19(16)21(17)28-24/h9-10,13-15H,4-8,11-12H2,1-3H3,(H2,25,29)(H,26,32). The van der Waals surface area contributed by atoms with Gasteiger partial charge in [0, 0.05) is 24.5 Å². The Labute approximate surface area is 194 Å². The third-order valence-corrected chi connectivity index (χ3v) is 6.11. The summed E-state index contributed by atoms with van der Waals surface area (Å²) in [5.74, 6) is 1.13. The van der Waals surface area contributed by atoms with E-state index in [-0.39, 0.29) is 11.7 Å². The number of nitrogens with one attached hydrogen (secondary N) is 1. The number of hydrogen-bond acceptors (Lipinski definition) is 7. The maximum absolute atomic E-state index is 12.6. The monoisotopic (exact) mass is 449 g/mol. The summed E-state index contributed by atoms with van der Waals surface area (Å²) < 4.78 is 6.83. The lowest BCUT2D eigenvalue weighted by Crippen LogP contribution is -2.30. The van der Waals surface area contributed by atoms with Crippen molar-refractivity contribution < 1.29 is 9.53 Å². The third-order valence-electron chi connectivity index (χ3n) is 6.11. The molecule has 1 amide bonds. The van der Waals surface area contributed by atoms with Crippen LogP contribution in [0.2, 0.25) is 0 Å². The molecule has 0 fully saturated rings. The van der Waals surface area contributed by atoms with E-state index in [2.05, 4.69) is 40.2 Å². The lowest BCUT2D eigenvalue weighted by Gasteiger charge is -2.19. The molecule has 3 aromatic rings. The summed E-state index contributed by atoms with van der Waals surface area (Å²) in [5.41, 5.74) is 10.6. The Hall–Kier alpha value is -3.46. The van der Waals surface area contributed by atoms with Crippen molar-refractivity contribution >= 4 is 11.7 Å². The van der Waals surface area contributed by atoms with Crippen molar-refractivity contribution in [2.24, 2.45) is 0 Å². The largest absolute Gasteiger partial charge is 0.497 e. The van der Waals surface area contributed by atoms with Crippen LogP contribution in [0, 0.1) is 0 Å². The van der Waals surface area contributed by atoms with Crippen LogP contribution >= 0.6 is 0 Å². The zero-order valence-corrected chi connectivity index (χ0v) is 19.5. The molecule has 0 aliphatic heterocycles. The van der Waals surface area contributed by atoms with Gasteiger partial charge in [-0.15, -0.1) is 5.10 Å². The molecule has 0 unspecified atom stereocenters. The summed E-state index contributed by atoms with van der Waals surface area (Å²) >= 11 is 0. The molecule has 2 aromatic heterocycles. The number of fused-ring (bicyclic) bond motifs is 3. The van der Waals surface area contributed by atoms with Gasteiger partial charge in [-0.2, -0.15) is 0 Å². The van der Waals surface area contributed by atoms with Gasteiger partial charge in [-0.25, -0.2) is 14.6 Å². The maximum Gasteiger partial charge on any atom is 0.256 e. The molecule has 9 heteroatoms. The average molecular weight is 450 g/mol. The number of rotatable bonds is 9. The molecule has 1 aliphatic carbocycles. The lowest BCUT2D eigenvalue weighted by atomic mass is 9.90. The second-order valence-corrected chi connectivity index (χ2v) is 8.08. The summed E-state index contributed by atoms with van der Waals surface area (Å²) in [4.78, 5) is 24.2. The van der Waals surface area contributed by atoms with Crippen molar-refractivity contribution in [2.75, 3.05) is 39.0 Å². The number of methoxy groups -OCH3 is 1. The van der Waals surface area contributed by atoms with Crippen LogP contribution in [0.4, 0.5) is 5.82 Å². The number of benzene rings is 1. The average Bonchev–Trinajstić information content (AvgIpc) is 3.24. The summed E-state index contributed by atoms with van der Waals surface area (Å²) in [7, 11) is 1.67. The number of carbonyl (C=O) groups excluding carboxylic acids is 1. The topological polar surface area (TPSA) is 111 Å². The molecule has 2 heterocycles. The number of aromatic nitrogens is 4. The van der Waals surface area contributed by atoms with E-state index in [1.54, 1.807) is 13.3 Å². The van der Waals surface area contributed by atoms with E-state index >= 15 is 0 Å². The first-order valence-corrected chi connectivity index (χ1v) is 11.4. The summed E-state index contributed by atoms with van der Waals surface area (Å²) in [5, 5.41) is 7.23. The third kappa shape index (κ3) is 4.83. The molecule has 174 valence electrons. The number of aryl methyl sites for hydroxylation is 2. The van der Waals surface area contributed by atoms with Gasteiger partial charge in [-0.05, 0) is 68.2 Å². The van der Waals surface area contributed by atoms with Gasteiger partial charge in [0.05, 0.1) is 12.8 Å². The highest BCUT2D eigenvalue weighted by molar-refractivity contribution is 5.98. The lowest BCUT2D eigenvalue weighted by molar-refractivity contribution is 0.0952. The number of amides is 1. The van der Waals surface area contributed by atoms with Gasteiger partial charge in [-0.1, -0.05) is 13.8 Å². The molecular weight excluding hydrogens is 418 g/mol. The van der Waals surface area contributed by atoms with Crippen LogP contribution in [0.25, 0.3) is 17.2 Å². The van der Waals surface area contributed by atoms with Gasteiger partial charge in [0.2, 0.25) is 0 Å². The molecule has 0 spiro atoms. The van der Waals surface area contributed by atoms with E-state index < -0.39 is 0 Å². The predicted octanol–water partition coefficient (Wildman–Crippen LogP) is 2.48. The van der Waals surface area contributed by atoms with Gasteiger partial charge in [-0.3, -0.25) is 4.79 Å². The van der Waals surface area contributed by atoms with Gasteiger partial charge in [0.1, 0.15) is 11.3 Å². The van der Waals surface area contributed by atoms with Crippen LogP contribution in [-0.2, 0) is 12.8 Å². The van der Waals surface area contributed by atoms with Crippen molar-refractivity contribution in [1.82, 2.24) is 30.0 Å². The molecule has 1 aromatic carbocycles. The number of carbonyl (C=O) groups is 1. The Morgan fingerprint density at radius 1 is 1.24 bits per heavy atom. The molecule has 3 N–H and O–H groups in total. The van der Waals surface area contributed by atoms with Crippen LogP contribution in [-0.4, -0.2) is 63.8 Å². The van der Waals surface area contributed by atoms with Gasteiger partial charge >= 0.3 is 0 Å². The molecule has 0 saturated heterocycles. The van der Waals surface area contributed by atoms with E-state index in [9.17, 15) is 4.79 Å². The fourth-order valence-corrected chi connectivity index (χ4v) is 4.13. The van der Waals surface area contributed by atoms with Gasteiger partial charge in [0.25, 0.3) is 11.9 Å². The minimum Gasteiger partial charge on any atom is -0.497 e. The van der Waals surface area contributed by atoms with E-state index in [0.717, 1.165) is 61.5 Å². The van der Waals surface area contributed by atoms with Crippen molar-refractivity contribution in [3.63, 3.8) is 0 Å².